The van der Waals surface area contributed by atoms with Crippen LogP contribution in [0.15, 0.2) is 12.2 Å². The summed E-state index contributed by atoms with van der Waals surface area (Å²) in [4.78, 5) is 10.7. The van der Waals surface area contributed by atoms with Gasteiger partial charge in [0.15, 0.2) is 0 Å². The average molecular weight is 153 g/mol. The Morgan fingerprint density at radius 3 is 2.82 bits per heavy atom. The van der Waals surface area contributed by atoms with Gasteiger partial charge in [-0.3, -0.25) is 4.79 Å². The first-order valence-electron chi connectivity index (χ1n) is 3.44. The summed E-state index contributed by atoms with van der Waals surface area (Å²) in [6.45, 7) is 5.68. The summed E-state index contributed by atoms with van der Waals surface area (Å²) in [6.07, 6.45) is 0.807. The number of ether oxygens (including phenoxy) is 1. The molecule has 0 aromatic heterocycles. The smallest absolute Gasteiger partial charge is 0.310 e. The van der Waals surface area contributed by atoms with Crippen LogP contribution in [0.25, 0.3) is 0 Å². The van der Waals surface area contributed by atoms with Gasteiger partial charge in [-0.25, -0.2) is 0 Å². The fraction of sp³-hybridized carbons (Fsp3) is 0.500. The van der Waals surface area contributed by atoms with Gasteiger partial charge in [-0.05, 0) is 6.42 Å². The Morgan fingerprint density at radius 1 is 1.73 bits per heavy atom. The molecule has 0 saturated carbocycles. The van der Waals surface area contributed by atoms with Gasteiger partial charge in [-0.2, -0.15) is 5.26 Å². The molecule has 60 valence electrons. The molecule has 11 heavy (non-hydrogen) atoms. The Kier molecular flexibility index (Phi) is 4.83. The summed E-state index contributed by atoms with van der Waals surface area (Å²) in [6, 6.07) is 1.78. The Bertz CT molecular complexity index is 191. The van der Waals surface area contributed by atoms with Crippen LogP contribution < -0.4 is 0 Å². The predicted octanol–water partition coefficient (Wildman–Crippen LogP) is 1.41. The number of nitriles is 1. The van der Waals surface area contributed by atoms with E-state index in [4.69, 9.17) is 10.00 Å². The van der Waals surface area contributed by atoms with E-state index in [1.165, 1.54) is 0 Å². The first-order valence-corrected chi connectivity index (χ1v) is 3.44. The lowest BCUT2D eigenvalue weighted by Gasteiger charge is -1.99. The van der Waals surface area contributed by atoms with Crippen molar-refractivity contribution < 1.29 is 9.53 Å². The van der Waals surface area contributed by atoms with Crippen LogP contribution in [0.2, 0.25) is 0 Å². The van der Waals surface area contributed by atoms with E-state index in [0.29, 0.717) is 6.61 Å². The number of carbonyl (C=O) groups is 1. The second kappa shape index (κ2) is 5.48. The molecule has 0 unspecified atom stereocenters. The highest BCUT2D eigenvalue weighted by atomic mass is 16.5. The van der Waals surface area contributed by atoms with Crippen molar-refractivity contribution in [3.8, 4) is 6.07 Å². The van der Waals surface area contributed by atoms with E-state index in [-0.39, 0.29) is 18.0 Å². The van der Waals surface area contributed by atoms with E-state index >= 15 is 0 Å². The molecule has 0 bridgehead atoms. The summed E-state index contributed by atoms with van der Waals surface area (Å²) in [7, 11) is 0. The van der Waals surface area contributed by atoms with Crippen LogP contribution in [0.5, 0.6) is 0 Å². The molecule has 0 aliphatic carbocycles. The van der Waals surface area contributed by atoms with Gasteiger partial charge in [0.1, 0.15) is 0 Å². The monoisotopic (exact) mass is 153 g/mol. The Balaban J connectivity index is 3.54. The normalized spacial score (nSPS) is 8.36. The third-order valence-corrected chi connectivity index (χ3v) is 0.983. The van der Waals surface area contributed by atoms with Gasteiger partial charge in [0.2, 0.25) is 0 Å². The Labute approximate surface area is 66.3 Å². The minimum Gasteiger partial charge on any atom is -0.465 e. The quantitative estimate of drug-likeness (QED) is 0.453. The maximum absolute atomic E-state index is 10.7. The lowest BCUT2D eigenvalue weighted by Crippen LogP contribution is -2.05. The zero-order valence-electron chi connectivity index (χ0n) is 6.59. The lowest BCUT2D eigenvalue weighted by atomic mass is 10.2. The van der Waals surface area contributed by atoms with Crippen molar-refractivity contribution in [2.24, 2.45) is 0 Å². The van der Waals surface area contributed by atoms with Crippen molar-refractivity contribution in [2.75, 3.05) is 6.61 Å². The molecule has 3 heteroatoms. The van der Waals surface area contributed by atoms with Gasteiger partial charge < -0.3 is 4.74 Å². The Morgan fingerprint density at radius 2 is 2.36 bits per heavy atom. The number of hydrogen-bond acceptors (Lipinski definition) is 3. The van der Waals surface area contributed by atoms with Crippen molar-refractivity contribution in [3.63, 3.8) is 0 Å². The van der Waals surface area contributed by atoms with Crippen molar-refractivity contribution in [1.82, 2.24) is 0 Å². The van der Waals surface area contributed by atoms with E-state index in [2.05, 4.69) is 6.58 Å². The van der Waals surface area contributed by atoms with E-state index in [0.717, 1.165) is 6.42 Å². The summed E-state index contributed by atoms with van der Waals surface area (Å²) in [5.41, 5.74) is 0.242. The minimum atomic E-state index is -0.376. The van der Waals surface area contributed by atoms with Crippen LogP contribution in [-0.4, -0.2) is 12.6 Å². The van der Waals surface area contributed by atoms with E-state index < -0.39 is 0 Å². The second-order valence-corrected chi connectivity index (χ2v) is 2.11. The number of carbonyl (C=O) groups excluding carboxylic acids is 1. The van der Waals surface area contributed by atoms with Gasteiger partial charge in [-0.15, -0.1) is 0 Å². The summed E-state index contributed by atoms with van der Waals surface area (Å²) in [5.74, 6) is -0.376. The minimum absolute atomic E-state index is 0.0104. The number of hydrogen-bond donors (Lipinski definition) is 0. The number of rotatable bonds is 4. The molecule has 0 spiro atoms. The molecule has 0 atom stereocenters. The van der Waals surface area contributed by atoms with Crippen molar-refractivity contribution in [2.45, 2.75) is 19.8 Å². The molecule has 0 aliphatic rings. The molecule has 0 rings (SSSR count). The summed E-state index contributed by atoms with van der Waals surface area (Å²) < 4.78 is 4.71. The van der Waals surface area contributed by atoms with Crippen LogP contribution in [0.3, 0.4) is 0 Å². The summed E-state index contributed by atoms with van der Waals surface area (Å²) >= 11 is 0. The highest BCUT2D eigenvalue weighted by molar-refractivity contribution is 5.73. The molecule has 0 fully saturated rings. The third kappa shape index (κ3) is 5.16. The molecular weight excluding hydrogens is 142 g/mol. The van der Waals surface area contributed by atoms with Gasteiger partial charge >= 0.3 is 5.97 Å². The number of esters is 1. The molecule has 0 radical (unpaired) electrons. The van der Waals surface area contributed by atoms with Gasteiger partial charge in [0.05, 0.1) is 19.1 Å². The molecule has 0 aromatic carbocycles. The van der Waals surface area contributed by atoms with Crippen molar-refractivity contribution in [3.05, 3.63) is 12.2 Å². The van der Waals surface area contributed by atoms with Gasteiger partial charge in [-0.1, -0.05) is 13.5 Å². The molecular formula is C8H11NO2. The van der Waals surface area contributed by atoms with E-state index in [9.17, 15) is 4.79 Å². The van der Waals surface area contributed by atoms with Crippen molar-refractivity contribution >= 4 is 5.97 Å². The molecule has 3 nitrogen and oxygen atoms in total. The molecule has 0 amide bonds. The maximum atomic E-state index is 10.7. The fourth-order valence-corrected chi connectivity index (χ4v) is 0.481. The standard InChI is InChI=1S/C8H11NO2/c1-3-4-11-8(10)5-7(2)6-9/h2-5H2,1H3. The highest BCUT2D eigenvalue weighted by Crippen LogP contribution is 1.97. The van der Waals surface area contributed by atoms with Gasteiger partial charge in [0.25, 0.3) is 0 Å². The fourth-order valence-electron chi connectivity index (χ4n) is 0.481. The largest absolute Gasteiger partial charge is 0.465 e. The average Bonchev–Trinajstić information content (AvgIpc) is 2.00. The predicted molar refractivity (Wildman–Crippen MR) is 40.6 cm³/mol. The molecule has 0 saturated heterocycles. The third-order valence-electron chi connectivity index (χ3n) is 0.983. The highest BCUT2D eigenvalue weighted by Gasteiger charge is 2.03. The lowest BCUT2D eigenvalue weighted by molar-refractivity contribution is -0.142. The zero-order chi connectivity index (χ0) is 8.69. The maximum Gasteiger partial charge on any atom is 0.310 e. The van der Waals surface area contributed by atoms with Crippen molar-refractivity contribution in [1.29, 1.82) is 5.26 Å². The van der Waals surface area contributed by atoms with Crippen LogP contribution >= 0.6 is 0 Å². The first kappa shape index (κ1) is 9.70. The Hall–Kier alpha value is -1.30. The van der Waals surface area contributed by atoms with Crippen LogP contribution in [0.4, 0.5) is 0 Å². The van der Waals surface area contributed by atoms with Crippen LogP contribution in [0.1, 0.15) is 19.8 Å². The van der Waals surface area contributed by atoms with E-state index in [1.54, 1.807) is 6.07 Å². The molecule has 0 heterocycles. The zero-order valence-corrected chi connectivity index (χ0v) is 6.59. The number of nitrogens with zero attached hydrogens (tertiary/aromatic N) is 1. The molecule has 0 N–H and O–H groups in total. The van der Waals surface area contributed by atoms with Crippen LogP contribution in [0, 0.1) is 11.3 Å². The SMILES string of the molecule is C=C(C#N)CC(=O)OCCC. The molecule has 0 aliphatic heterocycles. The van der Waals surface area contributed by atoms with Gasteiger partial charge in [0, 0.05) is 5.57 Å². The topological polar surface area (TPSA) is 50.1 Å². The second-order valence-electron chi connectivity index (χ2n) is 2.11. The first-order chi connectivity index (χ1) is 5.20. The van der Waals surface area contributed by atoms with Crippen LogP contribution in [-0.2, 0) is 9.53 Å². The summed E-state index contributed by atoms with van der Waals surface area (Å²) in [5, 5.41) is 8.25. The van der Waals surface area contributed by atoms with E-state index in [1.807, 2.05) is 6.92 Å². The molecule has 0 aromatic rings.